The van der Waals surface area contributed by atoms with Crippen molar-refractivity contribution in [3.8, 4) is 0 Å². The van der Waals surface area contributed by atoms with Gasteiger partial charge in [0.25, 0.3) is 0 Å². The molecule has 0 saturated carbocycles. The van der Waals surface area contributed by atoms with Crippen molar-refractivity contribution in [2.24, 2.45) is 0 Å². The van der Waals surface area contributed by atoms with Crippen LogP contribution in [-0.4, -0.2) is 71.7 Å². The van der Waals surface area contributed by atoms with Gasteiger partial charge in [-0.15, -0.1) is 0 Å². The fraction of sp³-hybridized carbons (Fsp3) is 0. The minimum Gasteiger partial charge on any atom is -1.00 e. The van der Waals surface area contributed by atoms with E-state index in [9.17, 15) is 0 Å². The molecule has 0 aliphatic heterocycles. The molecule has 6 radical (unpaired) electrons. The van der Waals surface area contributed by atoms with E-state index in [1.807, 2.05) is 0 Å². The van der Waals surface area contributed by atoms with Crippen LogP contribution in [0.3, 0.4) is 0 Å². The van der Waals surface area contributed by atoms with Gasteiger partial charge in [0.05, 0.1) is 0 Å². The third kappa shape index (κ3) is 19.5. The van der Waals surface area contributed by atoms with Crippen molar-refractivity contribution in [2.75, 3.05) is 0 Å². The summed E-state index contributed by atoms with van der Waals surface area (Å²) in [5, 5.41) is 0. The summed E-state index contributed by atoms with van der Waals surface area (Å²) in [6.45, 7) is 0. The minimum atomic E-state index is 0. The predicted octanol–water partition coefficient (Wildman–Crippen LogP) is -6.68. The standard InChI is InChI=1S/2ClH.3Sn.4H/h2*1H;;;;;;;/q;;3*+2;4*-1/p-2. The molecule has 0 unspecified atom stereocenters. The largest absolute Gasteiger partial charge is 2.00 e. The monoisotopic (exact) mass is 434 g/mol. The first-order chi connectivity index (χ1) is 0. The molecule has 0 aliphatic rings. The Morgan fingerprint density at radius 3 is 0.600 bits per heavy atom. The minimum absolute atomic E-state index is 0. The van der Waals surface area contributed by atoms with Crippen molar-refractivity contribution in [1.82, 2.24) is 0 Å². The molecule has 0 spiro atoms. The molecular weight excluding hydrogens is 427 g/mol. The van der Waals surface area contributed by atoms with E-state index in [4.69, 9.17) is 0 Å². The van der Waals surface area contributed by atoms with Crippen molar-refractivity contribution in [2.45, 2.75) is 0 Å². The van der Waals surface area contributed by atoms with Crippen molar-refractivity contribution >= 4 is 71.7 Å². The second-order valence-electron chi connectivity index (χ2n) is 0. The number of halogens is 2. The molecule has 0 bridgehead atoms. The topological polar surface area (TPSA) is 0 Å². The molecule has 5 heavy (non-hydrogen) atoms. The first-order valence-electron chi connectivity index (χ1n) is 0. The van der Waals surface area contributed by atoms with E-state index in [0.29, 0.717) is 0 Å². The second-order valence-corrected chi connectivity index (χ2v) is 0. The fourth-order valence-electron chi connectivity index (χ4n) is 0. The maximum absolute atomic E-state index is 0. The molecule has 0 aromatic carbocycles. The Hall–Kier alpha value is 2.98. The summed E-state index contributed by atoms with van der Waals surface area (Å²) in [7, 11) is 0. The van der Waals surface area contributed by atoms with Crippen LogP contribution in [0.4, 0.5) is 0 Å². The summed E-state index contributed by atoms with van der Waals surface area (Å²) >= 11 is 0. The van der Waals surface area contributed by atoms with Gasteiger partial charge in [-0.25, -0.2) is 0 Å². The first kappa shape index (κ1) is 43.8. The molecular formula is H4Cl2Sn3. The van der Waals surface area contributed by atoms with Crippen LogP contribution in [0.2, 0.25) is 0 Å². The zero-order valence-corrected chi connectivity index (χ0v) is 12.3. The molecule has 0 amide bonds. The molecule has 0 nitrogen and oxygen atoms in total. The fourth-order valence-corrected chi connectivity index (χ4v) is 0. The SMILES string of the molecule is [Cl-].[Cl-].[H-].[H-].[H-].[H-].[Sn+2].[Sn+2].[Sn+2]. The zero-order chi connectivity index (χ0) is 0. The molecule has 0 saturated heterocycles. The summed E-state index contributed by atoms with van der Waals surface area (Å²) in [4.78, 5) is 0. The Kier molecular flexibility index (Phi) is 247. The van der Waals surface area contributed by atoms with E-state index in [1.165, 1.54) is 0 Å². The number of hydrogen-bond donors (Lipinski definition) is 0. The zero-order valence-electron chi connectivity index (χ0n) is 6.26. The molecule has 30 valence electrons. The normalized spacial score (nSPS) is 0. The van der Waals surface area contributed by atoms with Gasteiger partial charge in [-0.05, 0) is 0 Å². The average Bonchev–Trinajstić information content (AvgIpc) is 0. The maximum Gasteiger partial charge on any atom is 2.00 e. The molecule has 0 rings (SSSR count). The summed E-state index contributed by atoms with van der Waals surface area (Å²) in [6, 6.07) is 0. The van der Waals surface area contributed by atoms with Crippen LogP contribution in [0.1, 0.15) is 5.71 Å². The van der Waals surface area contributed by atoms with Crippen molar-refractivity contribution < 1.29 is 30.5 Å². The van der Waals surface area contributed by atoms with Gasteiger partial charge in [-0.1, -0.05) is 0 Å². The van der Waals surface area contributed by atoms with Crippen molar-refractivity contribution in [1.29, 1.82) is 0 Å². The molecule has 0 aliphatic carbocycles. The third-order valence-corrected chi connectivity index (χ3v) is 0. The summed E-state index contributed by atoms with van der Waals surface area (Å²) in [6.07, 6.45) is 0. The molecule has 0 aromatic heterocycles. The Morgan fingerprint density at radius 2 is 0.600 bits per heavy atom. The van der Waals surface area contributed by atoms with Gasteiger partial charge < -0.3 is 30.5 Å². The van der Waals surface area contributed by atoms with E-state index in [-0.39, 0.29) is 102 Å². The van der Waals surface area contributed by atoms with Crippen molar-refractivity contribution in [3.05, 3.63) is 0 Å². The second kappa shape index (κ2) is 28.1. The van der Waals surface area contributed by atoms with Gasteiger partial charge in [0.15, 0.2) is 0 Å². The molecule has 0 heterocycles. The van der Waals surface area contributed by atoms with E-state index >= 15 is 0 Å². The smallest absolute Gasteiger partial charge is 1.00 e. The third-order valence-electron chi connectivity index (χ3n) is 0. The molecule has 0 N–H and O–H groups in total. The van der Waals surface area contributed by atoms with Gasteiger partial charge in [-0.2, -0.15) is 0 Å². The Bertz CT molecular complexity index is 13.8. The van der Waals surface area contributed by atoms with Crippen LogP contribution in [0, 0.1) is 0 Å². The molecule has 0 atom stereocenters. The quantitative estimate of drug-likeness (QED) is 0.335. The van der Waals surface area contributed by atoms with Crippen molar-refractivity contribution in [3.63, 3.8) is 0 Å². The van der Waals surface area contributed by atoms with Crippen LogP contribution < -0.4 is 24.8 Å². The Morgan fingerprint density at radius 1 is 0.600 bits per heavy atom. The van der Waals surface area contributed by atoms with E-state index in [1.54, 1.807) is 0 Å². The first-order valence-corrected chi connectivity index (χ1v) is 0. The maximum atomic E-state index is 0. The number of rotatable bonds is 0. The van der Waals surface area contributed by atoms with Crippen LogP contribution in [-0.2, 0) is 0 Å². The van der Waals surface area contributed by atoms with Gasteiger partial charge in [0.2, 0.25) is 0 Å². The van der Waals surface area contributed by atoms with Crippen LogP contribution >= 0.6 is 0 Å². The van der Waals surface area contributed by atoms with Gasteiger partial charge >= 0.3 is 71.7 Å². The van der Waals surface area contributed by atoms with Crippen LogP contribution in [0.15, 0.2) is 0 Å². The summed E-state index contributed by atoms with van der Waals surface area (Å²) in [5.41, 5.74) is 0. The van der Waals surface area contributed by atoms with Gasteiger partial charge in [0.1, 0.15) is 0 Å². The summed E-state index contributed by atoms with van der Waals surface area (Å²) in [5.74, 6) is 0. The van der Waals surface area contributed by atoms with Gasteiger partial charge in [0, 0.05) is 0 Å². The summed E-state index contributed by atoms with van der Waals surface area (Å²) < 4.78 is 0. The van der Waals surface area contributed by atoms with E-state index in [2.05, 4.69) is 0 Å². The molecule has 0 aromatic rings. The molecule has 5 heteroatoms. The molecule has 0 fully saturated rings. The van der Waals surface area contributed by atoms with Crippen LogP contribution in [0.25, 0.3) is 0 Å². The van der Waals surface area contributed by atoms with E-state index < -0.39 is 0 Å². The Labute approximate surface area is 101 Å². The predicted molar refractivity (Wildman–Crippen MR) is 21.7 cm³/mol. The number of hydrogen-bond acceptors (Lipinski definition) is 0. The average molecular weight is 431 g/mol. The van der Waals surface area contributed by atoms with Gasteiger partial charge in [-0.3, -0.25) is 0 Å². The van der Waals surface area contributed by atoms with Crippen LogP contribution in [0.5, 0.6) is 0 Å². The Balaban J connectivity index is 0. The van der Waals surface area contributed by atoms with E-state index in [0.717, 1.165) is 0 Å².